The molecule has 1 aliphatic rings. The normalized spacial score (nSPS) is 18.4. The zero-order valence-corrected chi connectivity index (χ0v) is 11.9. The number of primary amides is 1. The molecule has 2 amide bonds. The van der Waals surface area contributed by atoms with Crippen molar-refractivity contribution >= 4 is 17.6 Å². The molecule has 0 bridgehead atoms. The summed E-state index contributed by atoms with van der Waals surface area (Å²) >= 11 is 0. The molecular formula is C14H20N4O2. The predicted octanol–water partition coefficient (Wildman–Crippen LogP) is 0.485. The number of carbonyl (C=O) groups is 2. The smallest absolute Gasteiger partial charge is 0.252 e. The number of carbonyl (C=O) groups excluding carboxylic acids is 2. The summed E-state index contributed by atoms with van der Waals surface area (Å²) in [5.74, 6) is 0.539. The predicted molar refractivity (Wildman–Crippen MR) is 76.4 cm³/mol. The molecule has 20 heavy (non-hydrogen) atoms. The van der Waals surface area contributed by atoms with Crippen LogP contribution in [0.3, 0.4) is 0 Å². The van der Waals surface area contributed by atoms with E-state index in [1.54, 1.807) is 18.3 Å². The molecule has 0 aliphatic carbocycles. The third-order valence-electron chi connectivity index (χ3n) is 3.62. The van der Waals surface area contributed by atoms with E-state index in [1.807, 2.05) is 23.8 Å². The third kappa shape index (κ3) is 2.89. The molecule has 1 aromatic heterocycles. The van der Waals surface area contributed by atoms with Gasteiger partial charge >= 0.3 is 0 Å². The summed E-state index contributed by atoms with van der Waals surface area (Å²) in [6, 6.07) is 3.36. The Hall–Kier alpha value is -2.11. The molecule has 0 aromatic carbocycles. The number of likely N-dealkylation sites (tertiary alicyclic amines) is 1. The lowest BCUT2D eigenvalue weighted by atomic mass is 10.1. The molecule has 0 spiro atoms. The van der Waals surface area contributed by atoms with E-state index in [1.165, 1.54) is 0 Å². The van der Waals surface area contributed by atoms with Gasteiger partial charge < -0.3 is 15.5 Å². The Morgan fingerprint density at radius 1 is 1.60 bits per heavy atom. The van der Waals surface area contributed by atoms with Crippen LogP contribution >= 0.6 is 0 Å². The Morgan fingerprint density at radius 2 is 2.35 bits per heavy atom. The summed E-state index contributed by atoms with van der Waals surface area (Å²) in [5.41, 5.74) is 5.77. The van der Waals surface area contributed by atoms with Gasteiger partial charge in [-0.05, 0) is 19.1 Å². The second-order valence-electron chi connectivity index (χ2n) is 5.12. The maximum Gasteiger partial charge on any atom is 0.252 e. The van der Waals surface area contributed by atoms with Crippen molar-refractivity contribution in [2.45, 2.75) is 13.3 Å². The average Bonchev–Trinajstić information content (AvgIpc) is 2.78. The number of pyridine rings is 1. The summed E-state index contributed by atoms with van der Waals surface area (Å²) in [7, 11) is 1.87. The van der Waals surface area contributed by atoms with Crippen LogP contribution in [0.15, 0.2) is 18.3 Å². The molecule has 1 aliphatic heterocycles. The van der Waals surface area contributed by atoms with E-state index in [9.17, 15) is 9.59 Å². The van der Waals surface area contributed by atoms with Gasteiger partial charge in [0.15, 0.2) is 0 Å². The minimum absolute atomic E-state index is 0.196. The van der Waals surface area contributed by atoms with Crippen molar-refractivity contribution in [3.63, 3.8) is 0 Å². The van der Waals surface area contributed by atoms with E-state index in [-0.39, 0.29) is 11.8 Å². The molecule has 1 unspecified atom stereocenters. The van der Waals surface area contributed by atoms with Crippen LogP contribution in [0.5, 0.6) is 0 Å². The molecule has 2 heterocycles. The van der Waals surface area contributed by atoms with Crippen molar-refractivity contribution in [3.8, 4) is 0 Å². The lowest BCUT2D eigenvalue weighted by Crippen LogP contribution is -2.30. The monoisotopic (exact) mass is 276 g/mol. The topological polar surface area (TPSA) is 79.5 Å². The van der Waals surface area contributed by atoms with Crippen LogP contribution in [0.4, 0.5) is 5.82 Å². The first kappa shape index (κ1) is 14.3. The summed E-state index contributed by atoms with van der Waals surface area (Å²) in [6.07, 6.45) is 2.19. The summed E-state index contributed by atoms with van der Waals surface area (Å²) < 4.78 is 0. The van der Waals surface area contributed by atoms with Gasteiger partial charge in [0.1, 0.15) is 5.82 Å². The average molecular weight is 276 g/mol. The number of aromatic nitrogens is 1. The quantitative estimate of drug-likeness (QED) is 0.848. The van der Waals surface area contributed by atoms with Crippen LogP contribution in [0, 0.1) is 5.92 Å². The molecule has 6 heteroatoms. The molecule has 0 saturated carbocycles. The first-order valence-electron chi connectivity index (χ1n) is 6.76. The molecular weight excluding hydrogens is 256 g/mol. The fraction of sp³-hybridized carbons (Fsp3) is 0.500. The highest BCUT2D eigenvalue weighted by Crippen LogP contribution is 2.22. The molecule has 2 rings (SSSR count). The van der Waals surface area contributed by atoms with Gasteiger partial charge in [0.2, 0.25) is 5.91 Å². The standard InChI is InChI=1S/C14H20N4O2/c1-3-18-9-10(7-12(18)19)8-17(2)14-11(13(15)20)5-4-6-16-14/h4-6,10H,3,7-9H2,1-2H3,(H2,15,20). The molecule has 108 valence electrons. The molecule has 1 aromatic rings. The molecule has 1 saturated heterocycles. The number of anilines is 1. The minimum Gasteiger partial charge on any atom is -0.365 e. The fourth-order valence-corrected chi connectivity index (χ4v) is 2.65. The number of nitrogens with zero attached hydrogens (tertiary/aromatic N) is 3. The van der Waals surface area contributed by atoms with E-state index in [0.29, 0.717) is 24.3 Å². The van der Waals surface area contributed by atoms with Gasteiger partial charge in [-0.1, -0.05) is 0 Å². The number of hydrogen-bond donors (Lipinski definition) is 1. The zero-order chi connectivity index (χ0) is 14.7. The van der Waals surface area contributed by atoms with Crippen LogP contribution < -0.4 is 10.6 Å². The van der Waals surface area contributed by atoms with E-state index in [2.05, 4.69) is 4.98 Å². The Labute approximate surface area is 118 Å². The number of hydrogen-bond acceptors (Lipinski definition) is 4. The summed E-state index contributed by atoms with van der Waals surface area (Å²) in [5, 5.41) is 0. The van der Waals surface area contributed by atoms with Crippen LogP contribution in [0.25, 0.3) is 0 Å². The second-order valence-corrected chi connectivity index (χ2v) is 5.12. The van der Waals surface area contributed by atoms with Crippen LogP contribution in [-0.4, -0.2) is 48.4 Å². The lowest BCUT2D eigenvalue weighted by Gasteiger charge is -2.23. The summed E-state index contributed by atoms with van der Waals surface area (Å²) in [6.45, 7) is 4.17. The first-order valence-corrected chi connectivity index (χ1v) is 6.76. The Kier molecular flexibility index (Phi) is 4.22. The van der Waals surface area contributed by atoms with E-state index < -0.39 is 5.91 Å². The van der Waals surface area contributed by atoms with E-state index in [4.69, 9.17) is 5.73 Å². The van der Waals surface area contributed by atoms with Crippen LogP contribution in [0.1, 0.15) is 23.7 Å². The van der Waals surface area contributed by atoms with Gasteiger partial charge in [-0.15, -0.1) is 0 Å². The van der Waals surface area contributed by atoms with Gasteiger partial charge in [0.05, 0.1) is 5.56 Å². The highest BCUT2D eigenvalue weighted by molar-refractivity contribution is 5.97. The number of nitrogens with two attached hydrogens (primary N) is 1. The van der Waals surface area contributed by atoms with Gasteiger partial charge in [-0.25, -0.2) is 4.98 Å². The Bertz CT molecular complexity index is 518. The SMILES string of the molecule is CCN1CC(CN(C)c2ncccc2C(N)=O)CC1=O. The molecule has 0 radical (unpaired) electrons. The summed E-state index contributed by atoms with van der Waals surface area (Å²) in [4.78, 5) is 31.1. The first-order chi connectivity index (χ1) is 9.52. The van der Waals surface area contributed by atoms with Crippen LogP contribution in [-0.2, 0) is 4.79 Å². The highest BCUT2D eigenvalue weighted by atomic mass is 16.2. The zero-order valence-electron chi connectivity index (χ0n) is 11.9. The second kappa shape index (κ2) is 5.90. The van der Waals surface area contributed by atoms with Crippen molar-refractivity contribution in [2.75, 3.05) is 31.6 Å². The van der Waals surface area contributed by atoms with Crippen molar-refractivity contribution < 1.29 is 9.59 Å². The maximum atomic E-state index is 11.7. The number of amides is 2. The molecule has 2 N–H and O–H groups in total. The fourth-order valence-electron chi connectivity index (χ4n) is 2.65. The van der Waals surface area contributed by atoms with Gasteiger partial charge in [-0.3, -0.25) is 9.59 Å². The Morgan fingerprint density at radius 3 is 2.95 bits per heavy atom. The van der Waals surface area contributed by atoms with E-state index in [0.717, 1.165) is 13.1 Å². The maximum absolute atomic E-state index is 11.7. The van der Waals surface area contributed by atoms with Gasteiger partial charge in [0, 0.05) is 45.2 Å². The molecule has 6 nitrogen and oxygen atoms in total. The van der Waals surface area contributed by atoms with Gasteiger partial charge in [0.25, 0.3) is 5.91 Å². The number of rotatable bonds is 5. The van der Waals surface area contributed by atoms with E-state index >= 15 is 0 Å². The van der Waals surface area contributed by atoms with Crippen molar-refractivity contribution in [2.24, 2.45) is 11.7 Å². The van der Waals surface area contributed by atoms with Crippen LogP contribution in [0.2, 0.25) is 0 Å². The minimum atomic E-state index is -0.488. The Balaban J connectivity index is 2.08. The van der Waals surface area contributed by atoms with Crippen molar-refractivity contribution in [3.05, 3.63) is 23.9 Å². The highest BCUT2D eigenvalue weighted by Gasteiger charge is 2.29. The van der Waals surface area contributed by atoms with Crippen molar-refractivity contribution in [1.29, 1.82) is 0 Å². The van der Waals surface area contributed by atoms with Gasteiger partial charge in [-0.2, -0.15) is 0 Å². The molecule has 1 atom stereocenters. The lowest BCUT2D eigenvalue weighted by molar-refractivity contribution is -0.127. The third-order valence-corrected chi connectivity index (χ3v) is 3.62. The molecule has 1 fully saturated rings. The largest absolute Gasteiger partial charge is 0.365 e. The van der Waals surface area contributed by atoms with Crippen molar-refractivity contribution in [1.82, 2.24) is 9.88 Å².